The molecule has 0 fully saturated rings. The number of halogens is 1. The molecule has 3 N–H and O–H groups in total. The second kappa shape index (κ2) is 6.51. The fourth-order valence-corrected chi connectivity index (χ4v) is 0.783. The van der Waals surface area contributed by atoms with E-state index in [-0.39, 0.29) is 5.82 Å². The first kappa shape index (κ1) is 14.9. The van der Waals surface area contributed by atoms with Crippen LogP contribution < -0.4 is 0 Å². The van der Waals surface area contributed by atoms with Gasteiger partial charge in [-0.05, 0) is 26.0 Å². The largest absolute Gasteiger partial charge is 0.503 e. The average molecular weight is 240 g/mol. The maximum atomic E-state index is 13.0. The maximum absolute atomic E-state index is 13.0. The molecule has 4 nitrogen and oxygen atoms in total. The van der Waals surface area contributed by atoms with E-state index in [2.05, 4.69) is 11.8 Å². The van der Waals surface area contributed by atoms with E-state index in [1.807, 2.05) is 0 Å². The zero-order valence-electron chi connectivity index (χ0n) is 9.44. The van der Waals surface area contributed by atoms with Crippen LogP contribution in [0.25, 0.3) is 0 Å². The van der Waals surface area contributed by atoms with Crippen LogP contribution >= 0.6 is 0 Å². The van der Waals surface area contributed by atoms with Gasteiger partial charge in [0.15, 0.2) is 0 Å². The third-order valence-corrected chi connectivity index (χ3v) is 1.38. The van der Waals surface area contributed by atoms with Crippen molar-refractivity contribution in [2.24, 2.45) is 0 Å². The number of benzene rings is 1. The highest BCUT2D eigenvalue weighted by Gasteiger charge is 2.06. The monoisotopic (exact) mass is 240 g/mol. The molecule has 0 unspecified atom stereocenters. The number of carbonyl (C=O) groups is 1. The van der Waals surface area contributed by atoms with Crippen molar-refractivity contribution in [2.45, 2.75) is 19.4 Å². The molecule has 0 aromatic heterocycles. The van der Waals surface area contributed by atoms with E-state index < -0.39 is 11.8 Å². The smallest absolute Gasteiger partial charge is 0.450 e. The number of carboxylic acid groups (broad SMARTS) is 2. The number of rotatable bonds is 0. The second-order valence-corrected chi connectivity index (χ2v) is 3.57. The summed E-state index contributed by atoms with van der Waals surface area (Å²) in [6, 6.07) is 6.23. The fraction of sp³-hybridized carbons (Fsp3) is 0.250. The number of hydrogen-bond acceptors (Lipinski definition) is 2. The van der Waals surface area contributed by atoms with Crippen LogP contribution in [0.3, 0.4) is 0 Å². The molecule has 0 amide bonds. The lowest BCUT2D eigenvalue weighted by molar-refractivity contribution is 0.136. The van der Waals surface area contributed by atoms with Gasteiger partial charge in [-0.1, -0.05) is 24.0 Å². The van der Waals surface area contributed by atoms with Gasteiger partial charge in [0, 0.05) is 0 Å². The van der Waals surface area contributed by atoms with E-state index >= 15 is 0 Å². The molecule has 0 aliphatic heterocycles. The molecule has 0 saturated carbocycles. The lowest BCUT2D eigenvalue weighted by Gasteiger charge is -2.05. The van der Waals surface area contributed by atoms with Gasteiger partial charge in [0.1, 0.15) is 11.4 Å². The quantitative estimate of drug-likeness (QED) is 0.607. The Balaban J connectivity index is 0.000000557. The standard InChI is InChI=1S/C11H11FO.CH2O3/c1-11(2,13)8-7-9-5-3-4-6-10(9)12;2-1(3)4/h3-6,13H,1-2H3;(H2,2,3,4). The molecule has 0 atom stereocenters. The first-order valence-electron chi connectivity index (χ1n) is 4.64. The zero-order chi connectivity index (χ0) is 13.5. The van der Waals surface area contributed by atoms with Gasteiger partial charge < -0.3 is 15.3 Å². The third kappa shape index (κ3) is 8.90. The number of aliphatic hydroxyl groups is 1. The predicted octanol–water partition coefficient (Wildman–Crippen LogP) is 2.17. The fourth-order valence-electron chi connectivity index (χ4n) is 0.783. The Kier molecular flexibility index (Phi) is 5.72. The molecule has 0 aliphatic rings. The summed E-state index contributed by atoms with van der Waals surface area (Å²) in [6.07, 6.45) is -1.83. The summed E-state index contributed by atoms with van der Waals surface area (Å²) in [6.45, 7) is 3.11. The van der Waals surface area contributed by atoms with E-state index in [0.717, 1.165) is 0 Å². The van der Waals surface area contributed by atoms with Gasteiger partial charge in [-0.25, -0.2) is 9.18 Å². The van der Waals surface area contributed by atoms with Crippen LogP contribution in [0.4, 0.5) is 9.18 Å². The van der Waals surface area contributed by atoms with Crippen molar-refractivity contribution >= 4 is 6.16 Å². The molecule has 0 aliphatic carbocycles. The van der Waals surface area contributed by atoms with Gasteiger partial charge in [0.25, 0.3) is 0 Å². The summed E-state index contributed by atoms with van der Waals surface area (Å²) in [5.41, 5.74) is -0.771. The molecule has 0 heterocycles. The van der Waals surface area contributed by atoms with E-state index in [0.29, 0.717) is 5.56 Å². The molecule has 5 heteroatoms. The molecule has 1 rings (SSSR count). The van der Waals surface area contributed by atoms with Crippen LogP contribution in [-0.4, -0.2) is 27.1 Å². The summed E-state index contributed by atoms with van der Waals surface area (Å²) in [5, 5.41) is 23.2. The molecule has 0 spiro atoms. The molecule has 92 valence electrons. The predicted molar refractivity (Wildman–Crippen MR) is 60.2 cm³/mol. The lowest BCUT2D eigenvalue weighted by atomic mass is 10.1. The molecule has 1 aromatic carbocycles. The Morgan fingerprint density at radius 3 is 2.18 bits per heavy atom. The Morgan fingerprint density at radius 1 is 1.29 bits per heavy atom. The van der Waals surface area contributed by atoms with E-state index in [9.17, 15) is 9.50 Å². The van der Waals surface area contributed by atoms with Gasteiger partial charge in [-0.3, -0.25) is 0 Å². The van der Waals surface area contributed by atoms with Crippen molar-refractivity contribution in [1.29, 1.82) is 0 Å². The van der Waals surface area contributed by atoms with Crippen LogP contribution in [0.15, 0.2) is 24.3 Å². The van der Waals surface area contributed by atoms with Crippen molar-refractivity contribution in [3.63, 3.8) is 0 Å². The van der Waals surface area contributed by atoms with Crippen LogP contribution in [0.1, 0.15) is 19.4 Å². The summed E-state index contributed by atoms with van der Waals surface area (Å²) in [7, 11) is 0. The molecule has 0 saturated heterocycles. The molecule has 0 bridgehead atoms. The van der Waals surface area contributed by atoms with Crippen molar-refractivity contribution in [3.8, 4) is 11.8 Å². The normalized spacial score (nSPS) is 9.41. The summed E-state index contributed by atoms with van der Waals surface area (Å²) in [4.78, 5) is 8.56. The first-order valence-corrected chi connectivity index (χ1v) is 4.64. The van der Waals surface area contributed by atoms with Crippen molar-refractivity contribution in [3.05, 3.63) is 35.6 Å². The molecule has 0 radical (unpaired) electrons. The van der Waals surface area contributed by atoms with E-state index in [1.165, 1.54) is 6.07 Å². The molecular weight excluding hydrogens is 227 g/mol. The van der Waals surface area contributed by atoms with Crippen LogP contribution in [-0.2, 0) is 0 Å². The van der Waals surface area contributed by atoms with Gasteiger partial charge in [-0.2, -0.15) is 0 Å². The molecule has 17 heavy (non-hydrogen) atoms. The van der Waals surface area contributed by atoms with E-state index in [4.69, 9.17) is 15.0 Å². The minimum Gasteiger partial charge on any atom is -0.450 e. The minimum absolute atomic E-state index is 0.310. The van der Waals surface area contributed by atoms with Gasteiger partial charge in [-0.15, -0.1) is 0 Å². The van der Waals surface area contributed by atoms with Crippen LogP contribution in [0.5, 0.6) is 0 Å². The highest BCUT2D eigenvalue weighted by Crippen LogP contribution is 2.05. The first-order chi connectivity index (χ1) is 7.72. The topological polar surface area (TPSA) is 77.8 Å². The number of hydrogen-bond donors (Lipinski definition) is 3. The van der Waals surface area contributed by atoms with Crippen molar-refractivity contribution in [1.82, 2.24) is 0 Å². The molecule has 1 aromatic rings. The van der Waals surface area contributed by atoms with Crippen LogP contribution in [0.2, 0.25) is 0 Å². The molecular formula is C12H13FO4. The van der Waals surface area contributed by atoms with Gasteiger partial charge in [0.05, 0.1) is 5.56 Å². The highest BCUT2D eigenvalue weighted by atomic mass is 19.1. The third-order valence-electron chi connectivity index (χ3n) is 1.38. The zero-order valence-corrected chi connectivity index (χ0v) is 9.44. The Bertz CT molecular complexity index is 434. The van der Waals surface area contributed by atoms with Crippen molar-refractivity contribution < 1.29 is 24.5 Å². The maximum Gasteiger partial charge on any atom is 0.503 e. The van der Waals surface area contributed by atoms with E-state index in [1.54, 1.807) is 32.0 Å². The second-order valence-electron chi connectivity index (χ2n) is 3.57. The SMILES string of the molecule is CC(C)(O)C#Cc1ccccc1F.O=C(O)O. The van der Waals surface area contributed by atoms with Crippen LogP contribution in [0, 0.1) is 17.7 Å². The van der Waals surface area contributed by atoms with Crippen molar-refractivity contribution in [2.75, 3.05) is 0 Å². The lowest BCUT2D eigenvalue weighted by Crippen LogP contribution is -2.14. The summed E-state index contributed by atoms with van der Waals surface area (Å²) >= 11 is 0. The summed E-state index contributed by atoms with van der Waals surface area (Å²) in [5.74, 6) is 4.76. The van der Waals surface area contributed by atoms with Gasteiger partial charge in [0.2, 0.25) is 0 Å². The minimum atomic E-state index is -1.83. The Morgan fingerprint density at radius 2 is 1.76 bits per heavy atom. The Hall–Kier alpha value is -2.06. The summed E-state index contributed by atoms with van der Waals surface area (Å²) < 4.78 is 13.0. The average Bonchev–Trinajstić information content (AvgIpc) is 2.14. The highest BCUT2D eigenvalue weighted by molar-refractivity contribution is 5.53. The Labute approximate surface area is 98.3 Å². The van der Waals surface area contributed by atoms with Gasteiger partial charge >= 0.3 is 6.16 Å².